The van der Waals surface area contributed by atoms with Crippen molar-refractivity contribution in [2.24, 2.45) is 5.92 Å². The molecule has 6 nitrogen and oxygen atoms in total. The summed E-state index contributed by atoms with van der Waals surface area (Å²) in [5.41, 5.74) is 2.95. The van der Waals surface area contributed by atoms with Crippen LogP contribution in [0.2, 0.25) is 0 Å². The van der Waals surface area contributed by atoms with Gasteiger partial charge in [-0.1, -0.05) is 29.8 Å². The highest BCUT2D eigenvalue weighted by molar-refractivity contribution is 9.10. The van der Waals surface area contributed by atoms with Gasteiger partial charge in [0.15, 0.2) is 11.2 Å². The first-order chi connectivity index (χ1) is 15.0. The molecule has 2 aromatic heterocycles. The first kappa shape index (κ1) is 21.6. The van der Waals surface area contributed by atoms with Crippen molar-refractivity contribution in [3.63, 3.8) is 0 Å². The molecular weight excluding hydrogens is 458 g/mol. The second-order valence-corrected chi connectivity index (χ2v) is 8.78. The largest absolute Gasteiger partial charge is 0.381 e. The Bertz CT molecular complexity index is 1120. The molecule has 0 atom stereocenters. The van der Waals surface area contributed by atoms with E-state index in [0.717, 1.165) is 43.7 Å². The fraction of sp³-hybridized carbons (Fsp3) is 0.333. The summed E-state index contributed by atoms with van der Waals surface area (Å²) in [7, 11) is 0. The molecule has 0 unspecified atom stereocenters. The minimum atomic E-state index is -0.253. The second-order valence-electron chi connectivity index (χ2n) is 7.96. The number of hydrogen-bond donors (Lipinski definition) is 0. The Kier molecular flexibility index (Phi) is 6.73. The number of halogens is 1. The van der Waals surface area contributed by atoms with Gasteiger partial charge in [-0.3, -0.25) is 14.6 Å². The van der Waals surface area contributed by atoms with Gasteiger partial charge in [-0.25, -0.2) is 4.98 Å². The molecule has 1 aliphatic rings. The molecule has 0 N–H and O–H groups in total. The van der Waals surface area contributed by atoms with Crippen LogP contribution in [0.15, 0.2) is 58.5 Å². The summed E-state index contributed by atoms with van der Waals surface area (Å²) in [5.74, 6) is 0.207. The molecule has 0 bridgehead atoms. The maximum atomic E-state index is 13.3. The Labute approximate surface area is 189 Å². The maximum absolute atomic E-state index is 13.3. The van der Waals surface area contributed by atoms with Gasteiger partial charge >= 0.3 is 0 Å². The monoisotopic (exact) mass is 481 g/mol. The average molecular weight is 482 g/mol. The van der Waals surface area contributed by atoms with E-state index >= 15 is 0 Å². The summed E-state index contributed by atoms with van der Waals surface area (Å²) < 4.78 is 8.06. The molecule has 4 rings (SSSR count). The minimum absolute atomic E-state index is 0.0319. The number of rotatable bonds is 6. The average Bonchev–Trinajstić information content (AvgIpc) is 2.78. The molecule has 0 radical (unpaired) electrons. The van der Waals surface area contributed by atoms with Crippen molar-refractivity contribution < 1.29 is 9.53 Å². The van der Waals surface area contributed by atoms with Gasteiger partial charge in [0, 0.05) is 37.7 Å². The molecule has 0 aliphatic carbocycles. The molecule has 31 heavy (non-hydrogen) atoms. The summed E-state index contributed by atoms with van der Waals surface area (Å²) in [6.45, 7) is 4.26. The van der Waals surface area contributed by atoms with Crippen LogP contribution in [0.1, 0.15) is 34.5 Å². The van der Waals surface area contributed by atoms with Gasteiger partial charge in [-0.2, -0.15) is 0 Å². The van der Waals surface area contributed by atoms with Crippen LogP contribution < -0.4 is 5.43 Å². The number of aryl methyl sites for hydroxylation is 1. The lowest BCUT2D eigenvalue weighted by Crippen LogP contribution is -2.25. The van der Waals surface area contributed by atoms with Crippen LogP contribution in [0, 0.1) is 12.8 Å². The third-order valence-corrected chi connectivity index (χ3v) is 5.98. The SMILES string of the molecule is Cc1ccc(-c2cn(CC3CCOCC3)cc(C(=O)Cc3cnc(Br)cn3)c2=O)cc1. The van der Waals surface area contributed by atoms with Crippen LogP contribution in [0.4, 0.5) is 0 Å². The second kappa shape index (κ2) is 9.66. The first-order valence-corrected chi connectivity index (χ1v) is 11.2. The highest BCUT2D eigenvalue weighted by Crippen LogP contribution is 2.21. The number of nitrogens with zero attached hydrogens (tertiary/aromatic N) is 3. The normalized spacial score (nSPS) is 14.5. The number of ether oxygens (including phenoxy) is 1. The maximum Gasteiger partial charge on any atom is 0.200 e. The highest BCUT2D eigenvalue weighted by atomic mass is 79.9. The van der Waals surface area contributed by atoms with Gasteiger partial charge in [-0.05, 0) is 47.2 Å². The predicted molar refractivity (Wildman–Crippen MR) is 122 cm³/mol. The molecule has 1 aliphatic heterocycles. The van der Waals surface area contributed by atoms with E-state index in [1.54, 1.807) is 18.6 Å². The molecule has 0 amide bonds. The fourth-order valence-electron chi connectivity index (χ4n) is 3.79. The van der Waals surface area contributed by atoms with Crippen LogP contribution >= 0.6 is 15.9 Å². The lowest BCUT2D eigenvalue weighted by molar-refractivity contribution is 0.0612. The third kappa shape index (κ3) is 5.35. The zero-order valence-corrected chi connectivity index (χ0v) is 19.0. The Morgan fingerprint density at radius 2 is 1.87 bits per heavy atom. The number of benzene rings is 1. The van der Waals surface area contributed by atoms with Gasteiger partial charge in [0.05, 0.1) is 30.1 Å². The smallest absolute Gasteiger partial charge is 0.200 e. The van der Waals surface area contributed by atoms with Crippen LogP contribution in [-0.4, -0.2) is 33.5 Å². The van der Waals surface area contributed by atoms with Crippen LogP contribution in [0.3, 0.4) is 0 Å². The van der Waals surface area contributed by atoms with Crippen molar-refractivity contribution in [2.45, 2.75) is 32.7 Å². The van der Waals surface area contributed by atoms with Crippen molar-refractivity contribution in [1.29, 1.82) is 0 Å². The molecule has 1 aromatic carbocycles. The zero-order chi connectivity index (χ0) is 21.8. The van der Waals surface area contributed by atoms with Crippen molar-refractivity contribution in [1.82, 2.24) is 14.5 Å². The van der Waals surface area contributed by atoms with Crippen LogP contribution in [0.5, 0.6) is 0 Å². The molecule has 1 fully saturated rings. The standard InChI is InChI=1S/C24H24BrN3O3/c1-16-2-4-18(5-3-16)20-14-28(13-17-6-8-31-9-7-17)15-21(24(20)30)22(29)10-19-11-27-23(25)12-26-19/h2-5,11-12,14-15,17H,6-10,13H2,1H3. The van der Waals surface area contributed by atoms with Crippen LogP contribution in [-0.2, 0) is 17.7 Å². The number of carbonyl (C=O) groups is 1. The number of ketones is 1. The Morgan fingerprint density at radius 1 is 1.13 bits per heavy atom. The summed E-state index contributed by atoms with van der Waals surface area (Å²) in [6, 6.07) is 7.81. The quantitative estimate of drug-likeness (QED) is 0.492. The van der Waals surface area contributed by atoms with Gasteiger partial charge in [-0.15, -0.1) is 0 Å². The van der Waals surface area contributed by atoms with E-state index in [1.165, 1.54) is 0 Å². The number of hydrogen-bond acceptors (Lipinski definition) is 5. The molecule has 0 saturated carbocycles. The van der Waals surface area contributed by atoms with Gasteiger partial charge in [0.25, 0.3) is 0 Å². The summed E-state index contributed by atoms with van der Waals surface area (Å²) in [5, 5.41) is 0. The Hall–Kier alpha value is -2.64. The summed E-state index contributed by atoms with van der Waals surface area (Å²) in [4.78, 5) is 34.7. The van der Waals surface area contributed by atoms with E-state index in [1.807, 2.05) is 42.0 Å². The molecule has 3 aromatic rings. The number of Topliss-reactive ketones (excluding diaryl/α,β-unsaturated/α-hetero) is 1. The fourth-order valence-corrected chi connectivity index (χ4v) is 4.00. The van der Waals surface area contributed by atoms with E-state index < -0.39 is 0 Å². The van der Waals surface area contributed by atoms with Crippen LogP contribution in [0.25, 0.3) is 11.1 Å². The lowest BCUT2D eigenvalue weighted by Gasteiger charge is -2.23. The number of aromatic nitrogens is 3. The Balaban J connectivity index is 1.71. The summed E-state index contributed by atoms with van der Waals surface area (Å²) >= 11 is 3.24. The Morgan fingerprint density at radius 3 is 2.55 bits per heavy atom. The van der Waals surface area contributed by atoms with Crippen molar-refractivity contribution in [3.8, 4) is 11.1 Å². The number of carbonyl (C=O) groups excluding carboxylic acids is 1. The van der Waals surface area contributed by atoms with E-state index in [-0.39, 0.29) is 23.2 Å². The predicted octanol–water partition coefficient (Wildman–Crippen LogP) is 4.23. The molecular formula is C24H24BrN3O3. The number of pyridine rings is 1. The van der Waals surface area contributed by atoms with Crippen molar-refractivity contribution in [2.75, 3.05) is 13.2 Å². The van der Waals surface area contributed by atoms with Crippen molar-refractivity contribution >= 4 is 21.7 Å². The van der Waals surface area contributed by atoms with E-state index in [0.29, 0.717) is 21.8 Å². The molecule has 1 saturated heterocycles. The summed E-state index contributed by atoms with van der Waals surface area (Å²) in [6.07, 6.45) is 8.65. The van der Waals surface area contributed by atoms with Gasteiger partial charge in [0.2, 0.25) is 0 Å². The molecule has 160 valence electrons. The van der Waals surface area contributed by atoms with Gasteiger partial charge in [0.1, 0.15) is 4.60 Å². The van der Waals surface area contributed by atoms with E-state index in [9.17, 15) is 9.59 Å². The van der Waals surface area contributed by atoms with Crippen molar-refractivity contribution in [3.05, 3.63) is 80.7 Å². The van der Waals surface area contributed by atoms with Gasteiger partial charge < -0.3 is 9.30 Å². The molecule has 3 heterocycles. The van der Waals surface area contributed by atoms with E-state index in [2.05, 4.69) is 25.9 Å². The first-order valence-electron chi connectivity index (χ1n) is 10.4. The molecule has 0 spiro atoms. The third-order valence-electron chi connectivity index (χ3n) is 5.57. The zero-order valence-electron chi connectivity index (χ0n) is 17.4. The topological polar surface area (TPSA) is 74.1 Å². The lowest BCUT2D eigenvalue weighted by atomic mass is 9.98. The van der Waals surface area contributed by atoms with E-state index in [4.69, 9.17) is 4.74 Å². The molecule has 7 heteroatoms. The minimum Gasteiger partial charge on any atom is -0.381 e. The highest BCUT2D eigenvalue weighted by Gasteiger charge is 2.20.